The molecule has 1 saturated carbocycles. The van der Waals surface area contributed by atoms with Crippen molar-refractivity contribution in [1.82, 2.24) is 0 Å². The maximum absolute atomic E-state index is 10.3. The minimum atomic E-state index is -0.534. The van der Waals surface area contributed by atoms with Crippen LogP contribution in [-0.4, -0.2) is 28.3 Å². The van der Waals surface area contributed by atoms with E-state index in [2.05, 4.69) is 0 Å². The van der Waals surface area contributed by atoms with Crippen LogP contribution in [0.4, 0.5) is 0 Å². The summed E-state index contributed by atoms with van der Waals surface area (Å²) in [6.45, 7) is 0. The van der Waals surface area contributed by atoms with E-state index < -0.39 is 5.60 Å². The molecule has 1 atom stereocenters. The summed E-state index contributed by atoms with van der Waals surface area (Å²) in [5.41, 5.74) is 5.53. The van der Waals surface area contributed by atoms with Crippen molar-refractivity contribution < 1.29 is 5.11 Å². The van der Waals surface area contributed by atoms with E-state index in [0.29, 0.717) is 0 Å². The molecule has 1 saturated heterocycles. The van der Waals surface area contributed by atoms with E-state index in [1.807, 2.05) is 11.8 Å². The fraction of sp³-hybridized carbons (Fsp3) is 1.00. The Kier molecular flexibility index (Phi) is 2.86. The average Bonchev–Trinajstić information content (AvgIpc) is 2.89. The quantitative estimate of drug-likeness (QED) is 0.725. The van der Waals surface area contributed by atoms with Gasteiger partial charge in [0.15, 0.2) is 0 Å². The molecule has 0 amide bonds. The second-order valence-electron chi connectivity index (χ2n) is 4.50. The van der Waals surface area contributed by atoms with E-state index in [1.165, 1.54) is 12.8 Å². The molecule has 0 spiro atoms. The SMILES string of the molecule is NC(CC1CC1)C1(O)CCSCC1. The molecule has 1 heterocycles. The lowest BCUT2D eigenvalue weighted by atomic mass is 9.85. The zero-order valence-corrected chi connectivity index (χ0v) is 8.85. The normalized spacial score (nSPS) is 30.0. The third-order valence-corrected chi connectivity index (χ3v) is 4.32. The predicted octanol–water partition coefficient (Wildman–Crippen LogP) is 1.37. The van der Waals surface area contributed by atoms with Gasteiger partial charge in [-0.3, -0.25) is 0 Å². The summed E-state index contributed by atoms with van der Waals surface area (Å²) in [4.78, 5) is 0. The third kappa shape index (κ3) is 2.39. The van der Waals surface area contributed by atoms with Gasteiger partial charge in [0.05, 0.1) is 5.60 Å². The van der Waals surface area contributed by atoms with Gasteiger partial charge in [0.2, 0.25) is 0 Å². The maximum atomic E-state index is 10.3. The highest BCUT2D eigenvalue weighted by atomic mass is 32.2. The summed E-state index contributed by atoms with van der Waals surface area (Å²) in [5, 5.41) is 10.3. The summed E-state index contributed by atoms with van der Waals surface area (Å²) >= 11 is 1.93. The molecule has 1 aliphatic carbocycles. The lowest BCUT2D eigenvalue weighted by Crippen LogP contribution is -2.50. The molecule has 1 aliphatic heterocycles. The number of thioether (sulfide) groups is 1. The van der Waals surface area contributed by atoms with Gasteiger partial charge < -0.3 is 10.8 Å². The zero-order valence-electron chi connectivity index (χ0n) is 8.04. The van der Waals surface area contributed by atoms with Crippen LogP contribution in [0.1, 0.15) is 32.1 Å². The van der Waals surface area contributed by atoms with Gasteiger partial charge in [0.1, 0.15) is 0 Å². The van der Waals surface area contributed by atoms with Crippen LogP contribution in [0.2, 0.25) is 0 Å². The first-order chi connectivity index (χ1) is 6.21. The monoisotopic (exact) mass is 201 g/mol. The lowest BCUT2D eigenvalue weighted by Gasteiger charge is -2.37. The van der Waals surface area contributed by atoms with E-state index in [4.69, 9.17) is 5.73 Å². The number of rotatable bonds is 3. The highest BCUT2D eigenvalue weighted by Gasteiger charge is 2.38. The van der Waals surface area contributed by atoms with Crippen LogP contribution in [0.15, 0.2) is 0 Å². The van der Waals surface area contributed by atoms with Gasteiger partial charge in [-0.2, -0.15) is 11.8 Å². The van der Waals surface area contributed by atoms with Gasteiger partial charge >= 0.3 is 0 Å². The standard InChI is InChI=1S/C10H19NOS/c11-9(7-8-1-2-8)10(12)3-5-13-6-4-10/h8-9,12H,1-7,11H2. The molecule has 13 heavy (non-hydrogen) atoms. The number of aliphatic hydroxyl groups is 1. The van der Waals surface area contributed by atoms with Crippen molar-refractivity contribution in [2.45, 2.75) is 43.7 Å². The van der Waals surface area contributed by atoms with Gasteiger partial charge in [-0.15, -0.1) is 0 Å². The Balaban J connectivity index is 1.86. The Bertz CT molecular complexity index is 176. The minimum Gasteiger partial charge on any atom is -0.388 e. The van der Waals surface area contributed by atoms with Gasteiger partial charge in [-0.05, 0) is 36.7 Å². The fourth-order valence-electron chi connectivity index (χ4n) is 2.03. The summed E-state index contributed by atoms with van der Waals surface area (Å²) < 4.78 is 0. The van der Waals surface area contributed by atoms with Gasteiger partial charge in [0.25, 0.3) is 0 Å². The number of nitrogens with two attached hydrogens (primary N) is 1. The first-order valence-electron chi connectivity index (χ1n) is 5.26. The summed E-state index contributed by atoms with van der Waals surface area (Å²) in [7, 11) is 0. The van der Waals surface area contributed by atoms with Gasteiger partial charge in [-0.25, -0.2) is 0 Å². The number of hydrogen-bond donors (Lipinski definition) is 2. The maximum Gasteiger partial charge on any atom is 0.0813 e. The van der Waals surface area contributed by atoms with Crippen molar-refractivity contribution >= 4 is 11.8 Å². The van der Waals surface area contributed by atoms with Crippen LogP contribution in [-0.2, 0) is 0 Å². The fourth-order valence-corrected chi connectivity index (χ4v) is 3.23. The van der Waals surface area contributed by atoms with Gasteiger partial charge in [0, 0.05) is 6.04 Å². The summed E-state index contributed by atoms with van der Waals surface area (Å²) in [6, 6.07) is 0.0286. The van der Waals surface area contributed by atoms with Gasteiger partial charge in [-0.1, -0.05) is 12.8 Å². The number of hydrogen-bond acceptors (Lipinski definition) is 3. The van der Waals surface area contributed by atoms with E-state index in [1.54, 1.807) is 0 Å². The minimum absolute atomic E-state index is 0.0286. The molecule has 0 aromatic heterocycles. The molecule has 0 aromatic rings. The molecule has 76 valence electrons. The van der Waals surface area contributed by atoms with E-state index >= 15 is 0 Å². The van der Waals surface area contributed by atoms with Crippen LogP contribution >= 0.6 is 11.8 Å². The molecular formula is C10H19NOS. The van der Waals surface area contributed by atoms with Crippen LogP contribution in [0.5, 0.6) is 0 Å². The Morgan fingerprint density at radius 1 is 1.38 bits per heavy atom. The van der Waals surface area contributed by atoms with E-state index in [0.717, 1.165) is 36.7 Å². The Labute approximate surface area is 84.3 Å². The predicted molar refractivity (Wildman–Crippen MR) is 56.8 cm³/mol. The van der Waals surface area contributed by atoms with Crippen molar-refractivity contribution in [3.63, 3.8) is 0 Å². The van der Waals surface area contributed by atoms with E-state index in [9.17, 15) is 5.11 Å². The Morgan fingerprint density at radius 2 is 2.00 bits per heavy atom. The molecule has 1 unspecified atom stereocenters. The van der Waals surface area contributed by atoms with Crippen molar-refractivity contribution in [2.24, 2.45) is 11.7 Å². The second kappa shape index (κ2) is 3.79. The van der Waals surface area contributed by atoms with Crippen molar-refractivity contribution in [1.29, 1.82) is 0 Å². The van der Waals surface area contributed by atoms with E-state index in [-0.39, 0.29) is 6.04 Å². The largest absolute Gasteiger partial charge is 0.388 e. The van der Waals surface area contributed by atoms with Crippen molar-refractivity contribution in [2.75, 3.05) is 11.5 Å². The molecule has 2 aliphatic rings. The van der Waals surface area contributed by atoms with Crippen LogP contribution in [0.25, 0.3) is 0 Å². The van der Waals surface area contributed by atoms with Crippen LogP contribution < -0.4 is 5.73 Å². The molecule has 3 N–H and O–H groups in total. The smallest absolute Gasteiger partial charge is 0.0813 e. The Morgan fingerprint density at radius 3 is 2.54 bits per heavy atom. The highest BCUT2D eigenvalue weighted by molar-refractivity contribution is 7.99. The molecule has 0 bridgehead atoms. The van der Waals surface area contributed by atoms with Crippen molar-refractivity contribution in [3.05, 3.63) is 0 Å². The molecular weight excluding hydrogens is 182 g/mol. The second-order valence-corrected chi connectivity index (χ2v) is 5.73. The Hall–Kier alpha value is 0.270. The molecule has 0 radical (unpaired) electrons. The molecule has 0 aromatic carbocycles. The average molecular weight is 201 g/mol. The lowest BCUT2D eigenvalue weighted by molar-refractivity contribution is 0.00216. The summed E-state index contributed by atoms with van der Waals surface area (Å²) in [5.74, 6) is 2.98. The molecule has 2 rings (SSSR count). The van der Waals surface area contributed by atoms with Crippen LogP contribution in [0, 0.1) is 5.92 Å². The van der Waals surface area contributed by atoms with Crippen LogP contribution in [0.3, 0.4) is 0 Å². The molecule has 3 heteroatoms. The third-order valence-electron chi connectivity index (χ3n) is 3.33. The zero-order chi connectivity index (χ0) is 9.31. The van der Waals surface area contributed by atoms with Crippen molar-refractivity contribution in [3.8, 4) is 0 Å². The molecule has 2 fully saturated rings. The highest BCUT2D eigenvalue weighted by Crippen LogP contribution is 2.38. The summed E-state index contributed by atoms with van der Waals surface area (Å²) in [6.07, 6.45) is 5.50. The molecule has 2 nitrogen and oxygen atoms in total. The topological polar surface area (TPSA) is 46.2 Å². The first-order valence-corrected chi connectivity index (χ1v) is 6.42. The first kappa shape index (κ1) is 9.81.